The van der Waals surface area contributed by atoms with Gasteiger partial charge in [-0.05, 0) is 51.8 Å². The minimum atomic E-state index is -0.172. The molecule has 92 valence electrons. The van der Waals surface area contributed by atoms with Crippen molar-refractivity contribution < 1.29 is 0 Å². The van der Waals surface area contributed by atoms with E-state index in [1.807, 2.05) is 20.2 Å². The fourth-order valence-corrected chi connectivity index (χ4v) is 2.12. The van der Waals surface area contributed by atoms with Crippen LogP contribution in [-0.4, -0.2) is 15.1 Å². The Morgan fingerprint density at radius 1 is 1.35 bits per heavy atom. The van der Waals surface area contributed by atoms with E-state index < -0.39 is 0 Å². The monoisotopic (exact) mass is 231 g/mol. The molecule has 0 aliphatic heterocycles. The van der Waals surface area contributed by atoms with E-state index in [0.717, 1.165) is 11.9 Å². The predicted molar refractivity (Wildman–Crippen MR) is 72.1 cm³/mol. The molecule has 0 fully saturated rings. The molecule has 0 saturated heterocycles. The van der Waals surface area contributed by atoms with Crippen molar-refractivity contribution in [2.45, 2.75) is 45.7 Å². The van der Waals surface area contributed by atoms with Gasteiger partial charge in [0.2, 0.25) is 0 Å². The molecule has 1 aromatic carbocycles. The maximum atomic E-state index is 6.04. The van der Waals surface area contributed by atoms with Crippen LogP contribution in [-0.2, 0) is 6.42 Å². The molecule has 1 aromatic heterocycles. The van der Waals surface area contributed by atoms with Gasteiger partial charge in [-0.2, -0.15) is 0 Å². The summed E-state index contributed by atoms with van der Waals surface area (Å²) in [6.45, 7) is 8.42. The lowest BCUT2D eigenvalue weighted by atomic mass is 9.96. The zero-order valence-corrected chi connectivity index (χ0v) is 11.1. The summed E-state index contributed by atoms with van der Waals surface area (Å²) in [7, 11) is 0. The molecule has 0 bridgehead atoms. The third kappa shape index (κ3) is 2.67. The second-order valence-corrected chi connectivity index (χ2v) is 5.73. The van der Waals surface area contributed by atoms with Crippen LogP contribution in [0.4, 0.5) is 0 Å². The summed E-state index contributed by atoms with van der Waals surface area (Å²) >= 11 is 0. The molecule has 1 heterocycles. The van der Waals surface area contributed by atoms with Gasteiger partial charge in [0.1, 0.15) is 0 Å². The highest BCUT2D eigenvalue weighted by Gasteiger charge is 2.13. The largest absolute Gasteiger partial charge is 0.328 e. The van der Waals surface area contributed by atoms with Gasteiger partial charge in [-0.25, -0.2) is 4.98 Å². The van der Waals surface area contributed by atoms with Gasteiger partial charge < -0.3 is 10.3 Å². The van der Waals surface area contributed by atoms with Crippen LogP contribution in [0.5, 0.6) is 0 Å². The standard InChI is InChI=1S/C14H21N3/c1-10(2)17-9-16-12-7-11(5-6-13(12)17)8-14(3,4)15/h5-7,9-10H,8,15H2,1-4H3. The van der Waals surface area contributed by atoms with E-state index in [-0.39, 0.29) is 5.54 Å². The average molecular weight is 231 g/mol. The van der Waals surface area contributed by atoms with Crippen LogP contribution in [0.15, 0.2) is 24.5 Å². The molecule has 0 radical (unpaired) electrons. The summed E-state index contributed by atoms with van der Waals surface area (Å²) in [5.41, 5.74) is 9.37. The van der Waals surface area contributed by atoms with Gasteiger partial charge >= 0.3 is 0 Å². The summed E-state index contributed by atoms with van der Waals surface area (Å²) in [5.74, 6) is 0. The zero-order chi connectivity index (χ0) is 12.6. The molecule has 2 aromatic rings. The van der Waals surface area contributed by atoms with Crippen LogP contribution in [0.3, 0.4) is 0 Å². The van der Waals surface area contributed by atoms with Gasteiger partial charge in [-0.15, -0.1) is 0 Å². The van der Waals surface area contributed by atoms with Gasteiger partial charge in [0.15, 0.2) is 0 Å². The molecule has 17 heavy (non-hydrogen) atoms. The first-order chi connectivity index (χ1) is 7.87. The van der Waals surface area contributed by atoms with Crippen LogP contribution in [0.25, 0.3) is 11.0 Å². The van der Waals surface area contributed by atoms with Crippen molar-refractivity contribution in [1.82, 2.24) is 9.55 Å². The molecule has 2 rings (SSSR count). The number of hydrogen-bond donors (Lipinski definition) is 1. The van der Waals surface area contributed by atoms with Crippen molar-refractivity contribution >= 4 is 11.0 Å². The fraction of sp³-hybridized carbons (Fsp3) is 0.500. The van der Waals surface area contributed by atoms with E-state index >= 15 is 0 Å². The Labute approximate surface area is 103 Å². The molecule has 0 atom stereocenters. The number of hydrogen-bond acceptors (Lipinski definition) is 2. The van der Waals surface area contributed by atoms with Crippen molar-refractivity contribution in [2.75, 3.05) is 0 Å². The van der Waals surface area contributed by atoms with Crippen LogP contribution < -0.4 is 5.73 Å². The lowest BCUT2D eigenvalue weighted by Gasteiger charge is -2.18. The first-order valence-electron chi connectivity index (χ1n) is 6.11. The van der Waals surface area contributed by atoms with Gasteiger partial charge in [-0.1, -0.05) is 6.07 Å². The Balaban J connectivity index is 2.39. The molecule has 0 aliphatic carbocycles. The number of benzene rings is 1. The Morgan fingerprint density at radius 3 is 2.65 bits per heavy atom. The van der Waals surface area contributed by atoms with Gasteiger partial charge in [-0.3, -0.25) is 0 Å². The first kappa shape index (κ1) is 12.1. The van der Waals surface area contributed by atoms with Crippen molar-refractivity contribution in [1.29, 1.82) is 0 Å². The normalized spacial score (nSPS) is 12.6. The summed E-state index contributed by atoms with van der Waals surface area (Å²) in [5, 5.41) is 0. The summed E-state index contributed by atoms with van der Waals surface area (Å²) in [6.07, 6.45) is 2.78. The van der Waals surface area contributed by atoms with Gasteiger partial charge in [0.25, 0.3) is 0 Å². The summed E-state index contributed by atoms with van der Waals surface area (Å²) in [4.78, 5) is 4.45. The predicted octanol–water partition coefficient (Wildman–Crippen LogP) is 2.90. The maximum absolute atomic E-state index is 6.04. The zero-order valence-electron chi connectivity index (χ0n) is 11.1. The number of nitrogens with zero attached hydrogens (tertiary/aromatic N) is 2. The van der Waals surface area contributed by atoms with Crippen molar-refractivity contribution in [3.8, 4) is 0 Å². The van der Waals surface area contributed by atoms with Crippen molar-refractivity contribution in [3.05, 3.63) is 30.1 Å². The lowest BCUT2D eigenvalue weighted by Crippen LogP contribution is -2.34. The molecule has 0 amide bonds. The highest BCUT2D eigenvalue weighted by atomic mass is 15.1. The first-order valence-corrected chi connectivity index (χ1v) is 6.11. The van der Waals surface area contributed by atoms with E-state index in [4.69, 9.17) is 5.73 Å². The van der Waals surface area contributed by atoms with E-state index in [1.54, 1.807) is 0 Å². The van der Waals surface area contributed by atoms with E-state index in [0.29, 0.717) is 6.04 Å². The van der Waals surface area contributed by atoms with Gasteiger partial charge in [0.05, 0.1) is 17.4 Å². The fourth-order valence-electron chi connectivity index (χ4n) is 2.12. The molecule has 0 spiro atoms. The molecule has 2 N–H and O–H groups in total. The highest BCUT2D eigenvalue weighted by molar-refractivity contribution is 5.76. The van der Waals surface area contributed by atoms with Crippen LogP contribution in [0.2, 0.25) is 0 Å². The minimum Gasteiger partial charge on any atom is -0.328 e. The Bertz CT molecular complexity index is 518. The molecule has 0 saturated carbocycles. The molecule has 0 unspecified atom stereocenters. The third-order valence-corrected chi connectivity index (χ3v) is 2.86. The van der Waals surface area contributed by atoms with E-state index in [2.05, 4.69) is 41.6 Å². The molecular formula is C14H21N3. The summed E-state index contributed by atoms with van der Waals surface area (Å²) in [6, 6.07) is 6.88. The topological polar surface area (TPSA) is 43.8 Å². The molecular weight excluding hydrogens is 210 g/mol. The Hall–Kier alpha value is -1.35. The van der Waals surface area contributed by atoms with Crippen LogP contribution in [0, 0.1) is 0 Å². The quantitative estimate of drug-likeness (QED) is 0.882. The van der Waals surface area contributed by atoms with Crippen LogP contribution >= 0.6 is 0 Å². The number of aromatic nitrogens is 2. The molecule has 3 heteroatoms. The average Bonchev–Trinajstić information content (AvgIpc) is 2.57. The second kappa shape index (κ2) is 4.15. The third-order valence-electron chi connectivity index (χ3n) is 2.86. The number of nitrogens with two attached hydrogens (primary N) is 1. The molecule has 3 nitrogen and oxygen atoms in total. The van der Waals surface area contributed by atoms with E-state index in [1.165, 1.54) is 11.1 Å². The lowest BCUT2D eigenvalue weighted by molar-refractivity contribution is 0.517. The van der Waals surface area contributed by atoms with Crippen molar-refractivity contribution in [2.24, 2.45) is 5.73 Å². The molecule has 0 aliphatic rings. The van der Waals surface area contributed by atoms with Crippen molar-refractivity contribution in [3.63, 3.8) is 0 Å². The van der Waals surface area contributed by atoms with Gasteiger partial charge in [0, 0.05) is 11.6 Å². The summed E-state index contributed by atoms with van der Waals surface area (Å²) < 4.78 is 2.19. The van der Waals surface area contributed by atoms with Crippen LogP contribution in [0.1, 0.15) is 39.3 Å². The maximum Gasteiger partial charge on any atom is 0.0960 e. The highest BCUT2D eigenvalue weighted by Crippen LogP contribution is 2.20. The Morgan fingerprint density at radius 2 is 2.06 bits per heavy atom. The Kier molecular flexibility index (Phi) is 2.96. The second-order valence-electron chi connectivity index (χ2n) is 5.73. The number of fused-ring (bicyclic) bond motifs is 1. The number of imidazole rings is 1. The smallest absolute Gasteiger partial charge is 0.0960 e. The number of rotatable bonds is 3. The minimum absolute atomic E-state index is 0.172. The van der Waals surface area contributed by atoms with E-state index in [9.17, 15) is 0 Å². The SMILES string of the molecule is CC(C)n1cnc2cc(CC(C)(C)N)ccc21.